The summed E-state index contributed by atoms with van der Waals surface area (Å²) in [5, 5.41) is 22.1. The van der Waals surface area contributed by atoms with Crippen LogP contribution in [0.25, 0.3) is 16.9 Å². The second-order valence-electron chi connectivity index (χ2n) is 8.41. The number of nitriles is 1. The Labute approximate surface area is 200 Å². The summed E-state index contributed by atoms with van der Waals surface area (Å²) in [4.78, 5) is 4.39. The molecule has 3 aromatic heterocycles. The quantitative estimate of drug-likeness (QED) is 0.448. The van der Waals surface area contributed by atoms with Crippen molar-refractivity contribution >= 4 is 17.2 Å². The first-order chi connectivity index (χ1) is 16.5. The van der Waals surface area contributed by atoms with Gasteiger partial charge in [0.15, 0.2) is 0 Å². The lowest BCUT2D eigenvalue weighted by atomic mass is 10.1. The molecule has 4 aromatic rings. The van der Waals surface area contributed by atoms with Gasteiger partial charge in [-0.2, -0.15) is 5.26 Å². The van der Waals surface area contributed by atoms with Gasteiger partial charge in [-0.05, 0) is 58.0 Å². The van der Waals surface area contributed by atoms with Crippen molar-refractivity contribution in [3.63, 3.8) is 0 Å². The monoisotopic (exact) mass is 479 g/mol. The highest BCUT2D eigenvalue weighted by molar-refractivity contribution is 6.31. The summed E-state index contributed by atoms with van der Waals surface area (Å²) in [7, 11) is 0. The van der Waals surface area contributed by atoms with Crippen molar-refractivity contribution < 1.29 is 9.13 Å². The van der Waals surface area contributed by atoms with E-state index in [1.807, 2.05) is 30.7 Å². The minimum absolute atomic E-state index is 0.270. The lowest BCUT2D eigenvalue weighted by Gasteiger charge is -2.23. The van der Waals surface area contributed by atoms with Gasteiger partial charge >= 0.3 is 0 Å². The number of nitrogens with zero attached hydrogens (tertiary/aromatic N) is 6. The Kier molecular flexibility index (Phi) is 5.94. The average molecular weight is 480 g/mol. The zero-order chi connectivity index (χ0) is 23.8. The van der Waals surface area contributed by atoms with Crippen LogP contribution < -0.4 is 10.1 Å². The topological polar surface area (TPSA) is 93.1 Å². The Bertz CT molecular complexity index is 1400. The number of benzene rings is 1. The molecule has 1 N–H and O–H groups in total. The summed E-state index contributed by atoms with van der Waals surface area (Å²) in [6, 6.07) is 10.3. The van der Waals surface area contributed by atoms with Gasteiger partial charge in [-0.1, -0.05) is 22.9 Å². The van der Waals surface area contributed by atoms with Crippen LogP contribution in [-0.2, 0) is 0 Å². The van der Waals surface area contributed by atoms with E-state index in [0.29, 0.717) is 28.8 Å². The van der Waals surface area contributed by atoms with Gasteiger partial charge in [-0.3, -0.25) is 4.40 Å². The SMILES string of the molecule is Cc1c(-c2cc(O[C@H](C)c3ccc(F)cc3Cl)n3c(C#N)cnc3c2)nnn1C1CCNCC1. The van der Waals surface area contributed by atoms with Gasteiger partial charge in [-0.15, -0.1) is 5.10 Å². The molecule has 1 saturated heterocycles. The number of halogens is 2. The molecule has 8 nitrogen and oxygen atoms in total. The number of rotatable bonds is 5. The van der Waals surface area contributed by atoms with E-state index in [0.717, 1.165) is 42.9 Å². The minimum Gasteiger partial charge on any atom is -0.471 e. The number of aromatic nitrogens is 5. The molecular formula is C24H23ClFN7O. The molecule has 5 rings (SSSR count). The maximum Gasteiger partial charge on any atom is 0.201 e. The van der Waals surface area contributed by atoms with Gasteiger partial charge in [0.1, 0.15) is 35.0 Å². The van der Waals surface area contributed by atoms with Gasteiger partial charge in [0.2, 0.25) is 5.88 Å². The molecule has 10 heteroatoms. The second kappa shape index (κ2) is 9.05. The Morgan fingerprint density at radius 2 is 2.06 bits per heavy atom. The van der Waals surface area contributed by atoms with E-state index in [1.165, 1.54) is 18.3 Å². The lowest BCUT2D eigenvalue weighted by molar-refractivity contribution is 0.214. The van der Waals surface area contributed by atoms with E-state index in [4.69, 9.17) is 16.3 Å². The molecular weight excluding hydrogens is 457 g/mol. The van der Waals surface area contributed by atoms with E-state index in [9.17, 15) is 9.65 Å². The van der Waals surface area contributed by atoms with Crippen LogP contribution in [0.4, 0.5) is 4.39 Å². The molecule has 1 fully saturated rings. The third-order valence-corrected chi connectivity index (χ3v) is 6.57. The summed E-state index contributed by atoms with van der Waals surface area (Å²) < 4.78 is 23.4. The Balaban J connectivity index is 1.56. The van der Waals surface area contributed by atoms with Gasteiger partial charge in [0.05, 0.1) is 23.0 Å². The van der Waals surface area contributed by atoms with Crippen LogP contribution in [-0.4, -0.2) is 37.5 Å². The fraction of sp³-hybridized carbons (Fsp3) is 0.333. The molecule has 0 spiro atoms. The predicted molar refractivity (Wildman–Crippen MR) is 125 cm³/mol. The first kappa shape index (κ1) is 22.3. The zero-order valence-electron chi connectivity index (χ0n) is 18.8. The van der Waals surface area contributed by atoms with Crippen LogP contribution in [0.1, 0.15) is 48.9 Å². The molecule has 34 heavy (non-hydrogen) atoms. The highest BCUT2D eigenvalue weighted by atomic mass is 35.5. The first-order valence-electron chi connectivity index (χ1n) is 11.1. The molecule has 0 saturated carbocycles. The number of fused-ring (bicyclic) bond motifs is 1. The standard InChI is InChI=1S/C24H23ClFN7O/c1-14-24(30-31-33(14)18-5-7-28-8-6-18)16-9-22-29-13-19(12-27)32(22)23(10-16)34-15(2)20-4-3-17(26)11-21(20)25/h3-4,9-11,13,15,18,28H,5-8H2,1-2H3/t15-/m1/s1. The summed E-state index contributed by atoms with van der Waals surface area (Å²) in [5.41, 5.74) is 4.01. The number of piperidine rings is 1. The van der Waals surface area contributed by atoms with Crippen molar-refractivity contribution in [3.8, 4) is 23.2 Å². The summed E-state index contributed by atoms with van der Waals surface area (Å²) >= 11 is 6.25. The maximum atomic E-state index is 13.5. The van der Waals surface area contributed by atoms with E-state index in [2.05, 4.69) is 26.7 Å². The molecule has 1 aliphatic rings. The number of ether oxygens (including phenoxy) is 1. The van der Waals surface area contributed by atoms with Crippen molar-refractivity contribution in [2.45, 2.75) is 38.8 Å². The molecule has 174 valence electrons. The molecule has 1 aliphatic heterocycles. The van der Waals surface area contributed by atoms with Gasteiger partial charge in [0, 0.05) is 17.2 Å². The number of hydrogen-bond acceptors (Lipinski definition) is 6. The van der Waals surface area contributed by atoms with Crippen molar-refractivity contribution in [1.82, 2.24) is 29.7 Å². The molecule has 1 atom stereocenters. The largest absolute Gasteiger partial charge is 0.471 e. The van der Waals surface area contributed by atoms with Crippen LogP contribution >= 0.6 is 11.6 Å². The zero-order valence-corrected chi connectivity index (χ0v) is 19.6. The normalized spacial score (nSPS) is 15.4. The van der Waals surface area contributed by atoms with Gasteiger partial charge in [0.25, 0.3) is 0 Å². The maximum absolute atomic E-state index is 13.5. The number of hydrogen-bond donors (Lipinski definition) is 1. The van der Waals surface area contributed by atoms with Crippen LogP contribution in [0, 0.1) is 24.1 Å². The molecule has 0 unspecified atom stereocenters. The van der Waals surface area contributed by atoms with Gasteiger partial charge in [-0.25, -0.2) is 14.1 Å². The van der Waals surface area contributed by atoms with E-state index in [-0.39, 0.29) is 5.02 Å². The van der Waals surface area contributed by atoms with Crippen LogP contribution in [0.5, 0.6) is 5.88 Å². The predicted octanol–water partition coefficient (Wildman–Crippen LogP) is 4.63. The number of imidazole rings is 1. The first-order valence-corrected chi connectivity index (χ1v) is 11.5. The minimum atomic E-state index is -0.507. The van der Waals surface area contributed by atoms with Crippen molar-refractivity contribution in [3.05, 3.63) is 64.3 Å². The Morgan fingerprint density at radius 1 is 1.26 bits per heavy atom. The molecule has 0 amide bonds. The highest BCUT2D eigenvalue weighted by Crippen LogP contribution is 2.33. The van der Waals surface area contributed by atoms with Gasteiger partial charge < -0.3 is 10.1 Å². The van der Waals surface area contributed by atoms with Crippen molar-refractivity contribution in [2.75, 3.05) is 13.1 Å². The fourth-order valence-corrected chi connectivity index (χ4v) is 4.78. The van der Waals surface area contributed by atoms with Crippen molar-refractivity contribution in [2.24, 2.45) is 0 Å². The highest BCUT2D eigenvalue weighted by Gasteiger charge is 2.23. The Hall–Kier alpha value is -3.48. The van der Waals surface area contributed by atoms with Crippen LogP contribution in [0.15, 0.2) is 36.5 Å². The van der Waals surface area contributed by atoms with Crippen LogP contribution in [0.3, 0.4) is 0 Å². The average Bonchev–Trinajstić information content (AvgIpc) is 3.42. The molecule has 0 aliphatic carbocycles. The Morgan fingerprint density at radius 3 is 2.79 bits per heavy atom. The third kappa shape index (κ3) is 4.00. The van der Waals surface area contributed by atoms with Crippen molar-refractivity contribution in [1.29, 1.82) is 5.26 Å². The van der Waals surface area contributed by atoms with Crippen LogP contribution in [0.2, 0.25) is 5.02 Å². The fourth-order valence-electron chi connectivity index (χ4n) is 4.46. The molecule has 1 aromatic carbocycles. The third-order valence-electron chi connectivity index (χ3n) is 6.24. The number of nitrogens with one attached hydrogen (secondary N) is 1. The second-order valence-corrected chi connectivity index (χ2v) is 8.81. The number of pyridine rings is 1. The van der Waals surface area contributed by atoms with E-state index < -0.39 is 11.9 Å². The summed E-state index contributed by atoms with van der Waals surface area (Å²) in [5.74, 6) is -0.00993. The molecule has 0 radical (unpaired) electrons. The van der Waals surface area contributed by atoms with E-state index in [1.54, 1.807) is 10.5 Å². The molecule has 4 heterocycles. The van der Waals surface area contributed by atoms with E-state index >= 15 is 0 Å². The molecule has 0 bridgehead atoms. The summed E-state index contributed by atoms with van der Waals surface area (Å²) in [6.07, 6.45) is 2.99. The smallest absolute Gasteiger partial charge is 0.201 e. The summed E-state index contributed by atoms with van der Waals surface area (Å²) in [6.45, 7) is 5.74. The lowest BCUT2D eigenvalue weighted by Crippen LogP contribution is -2.30.